The summed E-state index contributed by atoms with van der Waals surface area (Å²) in [6.07, 6.45) is 3.53. The number of likely N-dealkylation sites (tertiary alicyclic amines) is 1. The normalized spacial score (nSPS) is 15.4. The van der Waals surface area contributed by atoms with Gasteiger partial charge in [0, 0.05) is 25.2 Å². The second-order valence-corrected chi connectivity index (χ2v) is 5.43. The van der Waals surface area contributed by atoms with Gasteiger partial charge in [0.25, 0.3) is 0 Å². The molecule has 1 aromatic rings. The molecule has 1 heterocycles. The van der Waals surface area contributed by atoms with Crippen LogP contribution in [0.15, 0.2) is 24.3 Å². The van der Waals surface area contributed by atoms with Crippen molar-refractivity contribution in [3.63, 3.8) is 0 Å². The molecule has 0 bridgehead atoms. The van der Waals surface area contributed by atoms with Gasteiger partial charge in [0.05, 0.1) is 13.7 Å². The molecule has 4 heteroatoms. The summed E-state index contributed by atoms with van der Waals surface area (Å²) in [5.74, 6) is 1.12. The van der Waals surface area contributed by atoms with Crippen molar-refractivity contribution in [1.29, 1.82) is 0 Å². The van der Waals surface area contributed by atoms with Crippen LogP contribution in [0.4, 0.5) is 0 Å². The van der Waals surface area contributed by atoms with E-state index >= 15 is 0 Å². The van der Waals surface area contributed by atoms with Crippen molar-refractivity contribution in [1.82, 2.24) is 9.80 Å². The molecule has 0 atom stereocenters. The van der Waals surface area contributed by atoms with Crippen molar-refractivity contribution in [2.75, 3.05) is 33.8 Å². The summed E-state index contributed by atoms with van der Waals surface area (Å²) < 4.78 is 5.35. The van der Waals surface area contributed by atoms with Crippen LogP contribution in [0.3, 0.4) is 0 Å². The topological polar surface area (TPSA) is 32.8 Å². The summed E-state index contributed by atoms with van der Waals surface area (Å²) in [5, 5.41) is 0. The number of rotatable bonds is 5. The number of carbonyl (C=O) groups excluding carboxylic acids is 1. The Kier molecular flexibility index (Phi) is 5.41. The molecule has 1 aromatic carbocycles. The Balaban J connectivity index is 1.88. The van der Waals surface area contributed by atoms with Crippen LogP contribution in [0, 0.1) is 0 Å². The standard InChI is InChI=1S/C16H24N2O2/c1-17(12-14-8-4-5-9-15(14)20-2)13-16(19)18-10-6-3-7-11-18/h4-5,8-9H,3,6-7,10-13H2,1-2H3. The number of amides is 1. The molecule has 4 nitrogen and oxygen atoms in total. The van der Waals surface area contributed by atoms with Crippen LogP contribution in [0.2, 0.25) is 0 Å². The van der Waals surface area contributed by atoms with E-state index in [1.165, 1.54) is 6.42 Å². The number of piperidine rings is 1. The molecule has 0 aromatic heterocycles. The van der Waals surface area contributed by atoms with Gasteiger partial charge >= 0.3 is 0 Å². The molecule has 1 fully saturated rings. The molecule has 0 spiro atoms. The summed E-state index contributed by atoms with van der Waals surface area (Å²) in [6, 6.07) is 7.95. The number of methoxy groups -OCH3 is 1. The van der Waals surface area contributed by atoms with Crippen molar-refractivity contribution >= 4 is 5.91 Å². The Morgan fingerprint density at radius 2 is 1.95 bits per heavy atom. The zero-order valence-corrected chi connectivity index (χ0v) is 12.5. The lowest BCUT2D eigenvalue weighted by Gasteiger charge is -2.28. The van der Waals surface area contributed by atoms with Gasteiger partial charge in [-0.15, -0.1) is 0 Å². The van der Waals surface area contributed by atoms with Gasteiger partial charge in [-0.05, 0) is 32.4 Å². The number of ether oxygens (including phenoxy) is 1. The minimum atomic E-state index is 0.238. The first-order valence-corrected chi connectivity index (χ1v) is 7.29. The third-order valence-corrected chi connectivity index (χ3v) is 3.75. The highest BCUT2D eigenvalue weighted by molar-refractivity contribution is 5.78. The third-order valence-electron chi connectivity index (χ3n) is 3.75. The van der Waals surface area contributed by atoms with Crippen LogP contribution in [0.1, 0.15) is 24.8 Å². The van der Waals surface area contributed by atoms with E-state index < -0.39 is 0 Å². The number of likely N-dealkylation sites (N-methyl/N-ethyl adjacent to an activating group) is 1. The molecular weight excluding hydrogens is 252 g/mol. The van der Waals surface area contributed by atoms with Crippen LogP contribution in [0.5, 0.6) is 5.75 Å². The zero-order chi connectivity index (χ0) is 14.4. The molecule has 0 saturated carbocycles. The third kappa shape index (κ3) is 3.97. The van der Waals surface area contributed by atoms with E-state index in [4.69, 9.17) is 4.74 Å². The first-order chi connectivity index (χ1) is 9.70. The summed E-state index contributed by atoms with van der Waals surface area (Å²) in [5.41, 5.74) is 1.11. The fraction of sp³-hybridized carbons (Fsp3) is 0.562. The number of para-hydroxylation sites is 1. The monoisotopic (exact) mass is 276 g/mol. The smallest absolute Gasteiger partial charge is 0.236 e. The van der Waals surface area contributed by atoms with Gasteiger partial charge in [0.2, 0.25) is 5.91 Å². The average molecular weight is 276 g/mol. The molecule has 1 saturated heterocycles. The van der Waals surface area contributed by atoms with E-state index in [0.717, 1.165) is 43.8 Å². The maximum Gasteiger partial charge on any atom is 0.236 e. The van der Waals surface area contributed by atoms with E-state index in [2.05, 4.69) is 4.90 Å². The number of hydrogen-bond donors (Lipinski definition) is 0. The summed E-state index contributed by atoms with van der Waals surface area (Å²) in [4.78, 5) is 16.2. The van der Waals surface area contributed by atoms with Crippen molar-refractivity contribution in [2.24, 2.45) is 0 Å². The van der Waals surface area contributed by atoms with E-state index in [1.807, 2.05) is 36.2 Å². The molecule has 0 unspecified atom stereocenters. The van der Waals surface area contributed by atoms with Gasteiger partial charge in [-0.25, -0.2) is 0 Å². The lowest BCUT2D eigenvalue weighted by atomic mass is 10.1. The predicted octanol–water partition coefficient (Wildman–Crippen LogP) is 2.14. The zero-order valence-electron chi connectivity index (χ0n) is 12.5. The lowest BCUT2D eigenvalue weighted by Crippen LogP contribution is -2.41. The highest BCUT2D eigenvalue weighted by Gasteiger charge is 2.18. The molecule has 110 valence electrons. The maximum atomic E-state index is 12.2. The van der Waals surface area contributed by atoms with E-state index in [0.29, 0.717) is 6.54 Å². The molecule has 20 heavy (non-hydrogen) atoms. The number of hydrogen-bond acceptors (Lipinski definition) is 3. The molecule has 2 rings (SSSR count). The summed E-state index contributed by atoms with van der Waals surface area (Å²) >= 11 is 0. The van der Waals surface area contributed by atoms with Gasteiger partial charge in [-0.3, -0.25) is 9.69 Å². The summed E-state index contributed by atoms with van der Waals surface area (Å²) in [6.45, 7) is 3.03. The van der Waals surface area contributed by atoms with E-state index in [-0.39, 0.29) is 5.91 Å². The predicted molar refractivity (Wildman–Crippen MR) is 79.8 cm³/mol. The number of nitrogens with zero attached hydrogens (tertiary/aromatic N) is 2. The fourth-order valence-corrected chi connectivity index (χ4v) is 2.65. The number of benzene rings is 1. The average Bonchev–Trinajstić information content (AvgIpc) is 2.48. The van der Waals surface area contributed by atoms with Gasteiger partial charge < -0.3 is 9.64 Å². The quantitative estimate of drug-likeness (QED) is 0.826. The van der Waals surface area contributed by atoms with Crippen LogP contribution >= 0.6 is 0 Å². The minimum Gasteiger partial charge on any atom is -0.496 e. The number of carbonyl (C=O) groups is 1. The van der Waals surface area contributed by atoms with E-state index in [1.54, 1.807) is 7.11 Å². The molecule has 0 aliphatic carbocycles. The van der Waals surface area contributed by atoms with Gasteiger partial charge in [0.15, 0.2) is 0 Å². The lowest BCUT2D eigenvalue weighted by molar-refractivity contribution is -0.133. The Bertz CT molecular complexity index is 442. The van der Waals surface area contributed by atoms with Crippen molar-refractivity contribution in [3.8, 4) is 5.75 Å². The molecule has 0 radical (unpaired) electrons. The van der Waals surface area contributed by atoms with Crippen molar-refractivity contribution in [2.45, 2.75) is 25.8 Å². The largest absolute Gasteiger partial charge is 0.496 e. The first kappa shape index (κ1) is 14.9. The van der Waals surface area contributed by atoms with Crippen molar-refractivity contribution < 1.29 is 9.53 Å². The Hall–Kier alpha value is -1.55. The highest BCUT2D eigenvalue weighted by Crippen LogP contribution is 2.18. The van der Waals surface area contributed by atoms with Crippen molar-refractivity contribution in [3.05, 3.63) is 29.8 Å². The van der Waals surface area contributed by atoms with Gasteiger partial charge in [0.1, 0.15) is 5.75 Å². The van der Waals surface area contributed by atoms with Crippen LogP contribution < -0.4 is 4.74 Å². The van der Waals surface area contributed by atoms with Gasteiger partial charge in [-0.2, -0.15) is 0 Å². The second kappa shape index (κ2) is 7.29. The minimum absolute atomic E-state index is 0.238. The Morgan fingerprint density at radius 3 is 2.65 bits per heavy atom. The molecule has 1 amide bonds. The van der Waals surface area contributed by atoms with Crippen LogP contribution in [-0.4, -0.2) is 49.5 Å². The molecule has 0 N–H and O–H groups in total. The van der Waals surface area contributed by atoms with E-state index in [9.17, 15) is 4.79 Å². The second-order valence-electron chi connectivity index (χ2n) is 5.43. The molecule has 1 aliphatic heterocycles. The highest BCUT2D eigenvalue weighted by atomic mass is 16.5. The SMILES string of the molecule is COc1ccccc1CN(C)CC(=O)N1CCCCC1. The summed E-state index contributed by atoms with van der Waals surface area (Å²) in [7, 11) is 3.66. The Morgan fingerprint density at radius 1 is 1.25 bits per heavy atom. The molecule has 1 aliphatic rings. The van der Waals surface area contributed by atoms with Gasteiger partial charge in [-0.1, -0.05) is 18.2 Å². The molecular formula is C16H24N2O2. The maximum absolute atomic E-state index is 12.2. The fourth-order valence-electron chi connectivity index (χ4n) is 2.65. The Labute approximate surface area is 121 Å². The first-order valence-electron chi connectivity index (χ1n) is 7.29. The van der Waals surface area contributed by atoms with Crippen LogP contribution in [-0.2, 0) is 11.3 Å². The van der Waals surface area contributed by atoms with Crippen LogP contribution in [0.25, 0.3) is 0 Å².